The molecular formula is C13H15NO4S. The van der Waals surface area contributed by atoms with Gasteiger partial charge in [-0.05, 0) is 28.3 Å². The Kier molecular flexibility index (Phi) is 7.93. The van der Waals surface area contributed by atoms with E-state index < -0.39 is 11.9 Å². The van der Waals surface area contributed by atoms with E-state index in [1.807, 2.05) is 0 Å². The fourth-order valence-electron chi connectivity index (χ4n) is 1.17. The van der Waals surface area contributed by atoms with Crippen LogP contribution in [0.15, 0.2) is 23.4 Å². The SMILES string of the molecule is C#CC[NH+](C)CC(=C)c1ccsc1.O=C([O-])C(=O)O. The van der Waals surface area contributed by atoms with Crippen LogP contribution in [0, 0.1) is 12.3 Å². The van der Waals surface area contributed by atoms with Crippen LogP contribution in [0.4, 0.5) is 0 Å². The number of carbonyl (C=O) groups is 2. The van der Waals surface area contributed by atoms with Crippen LogP contribution in [-0.4, -0.2) is 37.2 Å². The molecule has 0 radical (unpaired) electrons. The van der Waals surface area contributed by atoms with Crippen LogP contribution < -0.4 is 10.0 Å². The Morgan fingerprint density at radius 3 is 2.58 bits per heavy atom. The molecule has 1 aromatic rings. The molecule has 1 aromatic heterocycles. The summed E-state index contributed by atoms with van der Waals surface area (Å²) in [6.07, 6.45) is 5.23. The smallest absolute Gasteiger partial charge is 0.351 e. The predicted molar refractivity (Wildman–Crippen MR) is 71.4 cm³/mol. The molecule has 0 amide bonds. The van der Waals surface area contributed by atoms with Crippen molar-refractivity contribution in [2.24, 2.45) is 0 Å². The van der Waals surface area contributed by atoms with E-state index in [1.165, 1.54) is 10.5 Å². The average Bonchev–Trinajstić information content (AvgIpc) is 2.83. The molecule has 0 aliphatic carbocycles. The number of rotatable bonds is 4. The third kappa shape index (κ3) is 7.76. The quantitative estimate of drug-likeness (QED) is 0.532. The van der Waals surface area contributed by atoms with Crippen LogP contribution in [0.3, 0.4) is 0 Å². The molecule has 0 spiro atoms. The predicted octanol–water partition coefficient (Wildman–Crippen LogP) is -1.27. The van der Waals surface area contributed by atoms with Crippen molar-refractivity contribution in [3.63, 3.8) is 0 Å². The van der Waals surface area contributed by atoms with E-state index in [9.17, 15) is 0 Å². The molecule has 0 aromatic carbocycles. The Labute approximate surface area is 115 Å². The maximum atomic E-state index is 9.04. The zero-order valence-corrected chi connectivity index (χ0v) is 11.3. The molecule has 1 unspecified atom stereocenters. The number of carbonyl (C=O) groups excluding carboxylic acids is 1. The second-order valence-corrected chi connectivity index (χ2v) is 4.50. The molecule has 1 heterocycles. The topological polar surface area (TPSA) is 81.9 Å². The van der Waals surface area contributed by atoms with Crippen LogP contribution in [0.25, 0.3) is 5.57 Å². The van der Waals surface area contributed by atoms with Crippen LogP contribution in [0.1, 0.15) is 5.56 Å². The third-order valence-corrected chi connectivity index (χ3v) is 2.71. The van der Waals surface area contributed by atoms with Crippen molar-refractivity contribution < 1.29 is 24.7 Å². The van der Waals surface area contributed by atoms with Gasteiger partial charge in [-0.3, -0.25) is 0 Å². The van der Waals surface area contributed by atoms with Crippen LogP contribution in [0.5, 0.6) is 0 Å². The Bertz CT molecular complexity index is 461. The van der Waals surface area contributed by atoms with Gasteiger partial charge in [-0.2, -0.15) is 11.3 Å². The number of aliphatic carboxylic acids is 2. The van der Waals surface area contributed by atoms with Gasteiger partial charge in [-0.15, -0.1) is 6.42 Å². The summed E-state index contributed by atoms with van der Waals surface area (Å²) in [7, 11) is 2.08. The molecule has 19 heavy (non-hydrogen) atoms. The first-order valence-corrected chi connectivity index (χ1v) is 6.22. The third-order valence-electron chi connectivity index (χ3n) is 2.02. The van der Waals surface area contributed by atoms with Gasteiger partial charge in [0.25, 0.3) is 0 Å². The van der Waals surface area contributed by atoms with Gasteiger partial charge in [0.1, 0.15) is 13.1 Å². The fraction of sp³-hybridized carbons (Fsp3) is 0.231. The number of terminal acetylenes is 1. The monoisotopic (exact) mass is 281 g/mol. The van der Waals surface area contributed by atoms with Gasteiger partial charge in [-0.25, -0.2) is 4.79 Å². The summed E-state index contributed by atoms with van der Waals surface area (Å²) < 4.78 is 0. The minimum Gasteiger partial charge on any atom is -0.539 e. The molecule has 0 saturated carbocycles. The molecule has 1 atom stereocenters. The standard InChI is InChI=1S/C11H13NS.C2H2O4/c1-4-6-12(3)8-10(2)11-5-7-13-9-11;3-1(4)2(5)6/h1,5,7,9H,2,6,8H2,3H3;(H,3,4)(H,5,6). The van der Waals surface area contributed by atoms with Gasteiger partial charge in [0.15, 0.2) is 5.97 Å². The maximum absolute atomic E-state index is 9.04. The van der Waals surface area contributed by atoms with Crippen molar-refractivity contribution in [3.8, 4) is 12.3 Å². The van der Waals surface area contributed by atoms with E-state index in [0.29, 0.717) is 0 Å². The van der Waals surface area contributed by atoms with Crippen LogP contribution in [-0.2, 0) is 9.59 Å². The molecule has 0 aliphatic rings. The fourth-order valence-corrected chi connectivity index (χ4v) is 1.86. The number of hydrogen-bond acceptors (Lipinski definition) is 4. The number of likely N-dealkylation sites (N-methyl/N-ethyl adjacent to an activating group) is 1. The molecule has 6 heteroatoms. The lowest BCUT2D eigenvalue weighted by atomic mass is 10.1. The summed E-state index contributed by atoms with van der Waals surface area (Å²) >= 11 is 1.70. The van der Waals surface area contributed by atoms with Gasteiger partial charge in [0.05, 0.1) is 7.05 Å². The van der Waals surface area contributed by atoms with E-state index in [-0.39, 0.29) is 0 Å². The zero-order valence-electron chi connectivity index (χ0n) is 10.5. The molecule has 0 aliphatic heterocycles. The zero-order chi connectivity index (χ0) is 14.8. The van der Waals surface area contributed by atoms with Gasteiger partial charge >= 0.3 is 5.97 Å². The lowest BCUT2D eigenvalue weighted by molar-refractivity contribution is -0.863. The van der Waals surface area contributed by atoms with E-state index in [1.54, 1.807) is 11.3 Å². The van der Waals surface area contributed by atoms with Gasteiger partial charge in [0.2, 0.25) is 0 Å². The van der Waals surface area contributed by atoms with Crippen LogP contribution in [0.2, 0.25) is 0 Å². The Morgan fingerprint density at radius 1 is 1.63 bits per heavy atom. The first-order valence-electron chi connectivity index (χ1n) is 5.27. The van der Waals surface area contributed by atoms with E-state index >= 15 is 0 Å². The van der Waals surface area contributed by atoms with E-state index in [4.69, 9.17) is 26.2 Å². The molecule has 0 bridgehead atoms. The number of quaternary nitrogens is 1. The highest BCUT2D eigenvalue weighted by atomic mass is 32.1. The maximum Gasteiger partial charge on any atom is 0.351 e. The first-order chi connectivity index (χ1) is 8.88. The van der Waals surface area contributed by atoms with Crippen LogP contribution >= 0.6 is 11.3 Å². The van der Waals surface area contributed by atoms with Crippen molar-refractivity contribution >= 4 is 28.8 Å². The number of hydrogen-bond donors (Lipinski definition) is 2. The number of carboxylic acid groups (broad SMARTS) is 2. The molecular weight excluding hydrogens is 266 g/mol. The second-order valence-electron chi connectivity index (χ2n) is 3.72. The van der Waals surface area contributed by atoms with Crippen molar-refractivity contribution in [2.75, 3.05) is 20.1 Å². The van der Waals surface area contributed by atoms with Crippen molar-refractivity contribution in [3.05, 3.63) is 29.0 Å². The number of nitrogens with one attached hydrogen (secondary N) is 1. The van der Waals surface area contributed by atoms with Crippen molar-refractivity contribution in [1.82, 2.24) is 0 Å². The summed E-state index contributed by atoms with van der Waals surface area (Å²) in [5, 5.41) is 20.5. The summed E-state index contributed by atoms with van der Waals surface area (Å²) in [6, 6.07) is 2.09. The van der Waals surface area contributed by atoms with E-state index in [2.05, 4.69) is 36.4 Å². The molecule has 1 rings (SSSR count). The molecule has 0 saturated heterocycles. The summed E-state index contributed by atoms with van der Waals surface area (Å²) in [5.41, 5.74) is 2.40. The summed E-state index contributed by atoms with van der Waals surface area (Å²) in [6.45, 7) is 5.71. The highest BCUT2D eigenvalue weighted by Crippen LogP contribution is 2.13. The Balaban J connectivity index is 0.000000459. The lowest BCUT2D eigenvalue weighted by Gasteiger charge is -2.11. The normalized spacial score (nSPS) is 10.5. The highest BCUT2D eigenvalue weighted by Gasteiger charge is 2.05. The van der Waals surface area contributed by atoms with Gasteiger partial charge < -0.3 is 19.9 Å². The first kappa shape index (κ1) is 16.9. The van der Waals surface area contributed by atoms with Gasteiger partial charge in [-0.1, -0.05) is 6.58 Å². The Morgan fingerprint density at radius 2 is 2.21 bits per heavy atom. The van der Waals surface area contributed by atoms with Crippen molar-refractivity contribution in [2.45, 2.75) is 0 Å². The summed E-state index contributed by atoms with van der Waals surface area (Å²) in [5.74, 6) is -1.37. The highest BCUT2D eigenvalue weighted by molar-refractivity contribution is 7.08. The van der Waals surface area contributed by atoms with Crippen molar-refractivity contribution in [1.29, 1.82) is 0 Å². The second kappa shape index (κ2) is 8.91. The Hall–Kier alpha value is -2.10. The molecule has 0 fully saturated rings. The lowest BCUT2D eigenvalue weighted by Crippen LogP contribution is -3.08. The molecule has 2 N–H and O–H groups in total. The summed E-state index contributed by atoms with van der Waals surface area (Å²) in [4.78, 5) is 19.3. The van der Waals surface area contributed by atoms with E-state index in [0.717, 1.165) is 18.7 Å². The number of carboxylic acids is 2. The van der Waals surface area contributed by atoms with Gasteiger partial charge in [0, 0.05) is 5.57 Å². The average molecular weight is 281 g/mol. The number of thiophene rings is 1. The minimum atomic E-state index is -2.07. The largest absolute Gasteiger partial charge is 0.539 e. The molecule has 102 valence electrons. The minimum absolute atomic E-state index is 0.753. The molecule has 5 nitrogen and oxygen atoms in total.